The molecule has 2 heterocycles. The van der Waals surface area contributed by atoms with E-state index in [2.05, 4.69) is 20.6 Å². The second-order valence-corrected chi connectivity index (χ2v) is 4.08. The second-order valence-electron chi connectivity index (χ2n) is 4.08. The van der Waals surface area contributed by atoms with Crippen molar-refractivity contribution in [2.24, 2.45) is 0 Å². The summed E-state index contributed by atoms with van der Waals surface area (Å²) in [6, 6.07) is -0.209. The minimum Gasteiger partial charge on any atom is -0.353 e. The number of aromatic nitrogens is 2. The highest BCUT2D eigenvalue weighted by Crippen LogP contribution is 2.13. The van der Waals surface area contributed by atoms with Crippen molar-refractivity contribution < 1.29 is 4.79 Å². The van der Waals surface area contributed by atoms with Gasteiger partial charge in [-0.1, -0.05) is 0 Å². The molecule has 2 rings (SSSR count). The molecule has 17 heavy (non-hydrogen) atoms. The zero-order chi connectivity index (χ0) is 12.3. The van der Waals surface area contributed by atoms with Gasteiger partial charge in [-0.3, -0.25) is 4.79 Å². The van der Waals surface area contributed by atoms with Crippen LogP contribution in [0.4, 0.5) is 5.95 Å². The van der Waals surface area contributed by atoms with Crippen molar-refractivity contribution in [3.8, 4) is 0 Å². The van der Waals surface area contributed by atoms with E-state index >= 15 is 0 Å². The van der Waals surface area contributed by atoms with Gasteiger partial charge in [0.1, 0.15) is 6.04 Å². The third-order valence-corrected chi connectivity index (χ3v) is 2.83. The molecule has 1 unspecified atom stereocenters. The van der Waals surface area contributed by atoms with Crippen molar-refractivity contribution in [2.75, 3.05) is 25.0 Å². The maximum absolute atomic E-state index is 11.5. The number of piperazine rings is 1. The minimum atomic E-state index is -0.209. The van der Waals surface area contributed by atoms with Crippen molar-refractivity contribution in [3.05, 3.63) is 18.0 Å². The monoisotopic (exact) mass is 235 g/mol. The third-order valence-electron chi connectivity index (χ3n) is 2.83. The Hall–Kier alpha value is -1.69. The number of nitrogens with one attached hydrogen (secondary N) is 2. The Morgan fingerprint density at radius 1 is 1.53 bits per heavy atom. The molecule has 0 spiro atoms. The summed E-state index contributed by atoms with van der Waals surface area (Å²) in [7, 11) is 1.88. The molecule has 6 heteroatoms. The first-order valence-corrected chi connectivity index (χ1v) is 5.72. The van der Waals surface area contributed by atoms with Gasteiger partial charge in [0.25, 0.3) is 0 Å². The predicted molar refractivity (Wildman–Crippen MR) is 64.6 cm³/mol. The van der Waals surface area contributed by atoms with Gasteiger partial charge in [0.05, 0.1) is 0 Å². The Bertz CT molecular complexity index is 391. The van der Waals surface area contributed by atoms with Gasteiger partial charge in [0, 0.05) is 37.6 Å². The molecule has 92 valence electrons. The molecular formula is C11H17N5O. The summed E-state index contributed by atoms with van der Waals surface area (Å²) in [5.41, 5.74) is 1.03. The van der Waals surface area contributed by atoms with Crippen LogP contribution in [0.1, 0.15) is 12.5 Å². The Labute approximate surface area is 100 Å². The standard InChI is InChI=1S/C11H17N5O/c1-8-10(17)13-3-4-16(8)11-14-6-9(5-12-2)7-15-11/h6-8,12H,3-5H2,1-2H3,(H,13,17). The lowest BCUT2D eigenvalue weighted by molar-refractivity contribution is -0.122. The fourth-order valence-electron chi connectivity index (χ4n) is 1.85. The van der Waals surface area contributed by atoms with E-state index in [-0.39, 0.29) is 11.9 Å². The number of amides is 1. The summed E-state index contributed by atoms with van der Waals surface area (Å²) >= 11 is 0. The first kappa shape index (κ1) is 11.8. The Morgan fingerprint density at radius 3 is 2.88 bits per heavy atom. The van der Waals surface area contributed by atoms with Crippen molar-refractivity contribution >= 4 is 11.9 Å². The number of anilines is 1. The number of nitrogens with zero attached hydrogens (tertiary/aromatic N) is 3. The quantitative estimate of drug-likeness (QED) is 0.740. The van der Waals surface area contributed by atoms with Crippen molar-refractivity contribution in [1.82, 2.24) is 20.6 Å². The molecule has 1 fully saturated rings. The third kappa shape index (κ3) is 2.52. The predicted octanol–water partition coefficient (Wildman–Crippen LogP) is -0.479. The first-order chi connectivity index (χ1) is 8.22. The maximum atomic E-state index is 11.5. The molecule has 0 bridgehead atoms. The molecule has 1 aromatic rings. The van der Waals surface area contributed by atoms with E-state index in [1.807, 2.05) is 18.9 Å². The van der Waals surface area contributed by atoms with Gasteiger partial charge in [-0.15, -0.1) is 0 Å². The Morgan fingerprint density at radius 2 is 2.24 bits per heavy atom. The van der Waals surface area contributed by atoms with Gasteiger partial charge in [-0.2, -0.15) is 0 Å². The van der Waals surface area contributed by atoms with Crippen LogP contribution < -0.4 is 15.5 Å². The molecule has 0 saturated carbocycles. The van der Waals surface area contributed by atoms with Crippen molar-refractivity contribution in [1.29, 1.82) is 0 Å². The van der Waals surface area contributed by atoms with Gasteiger partial charge >= 0.3 is 0 Å². The van der Waals surface area contributed by atoms with Crippen LogP contribution >= 0.6 is 0 Å². The van der Waals surface area contributed by atoms with Crippen LogP contribution in [0.2, 0.25) is 0 Å². The molecule has 1 atom stereocenters. The van der Waals surface area contributed by atoms with Gasteiger partial charge in [-0.25, -0.2) is 9.97 Å². The average Bonchev–Trinajstić information content (AvgIpc) is 2.34. The Kier molecular flexibility index (Phi) is 3.53. The van der Waals surface area contributed by atoms with E-state index in [4.69, 9.17) is 0 Å². The molecule has 1 aliphatic heterocycles. The second kappa shape index (κ2) is 5.09. The highest BCUT2D eigenvalue weighted by Gasteiger charge is 2.26. The number of carbonyl (C=O) groups is 1. The molecule has 6 nitrogen and oxygen atoms in total. The van der Waals surface area contributed by atoms with Crippen LogP contribution in [0.3, 0.4) is 0 Å². The SMILES string of the molecule is CNCc1cnc(N2CCNC(=O)C2C)nc1. The summed E-state index contributed by atoms with van der Waals surface area (Å²) in [6.07, 6.45) is 3.58. The average molecular weight is 235 g/mol. The molecule has 1 aliphatic rings. The highest BCUT2D eigenvalue weighted by molar-refractivity contribution is 5.85. The van der Waals surface area contributed by atoms with E-state index in [9.17, 15) is 4.79 Å². The molecular weight excluding hydrogens is 218 g/mol. The summed E-state index contributed by atoms with van der Waals surface area (Å²) in [5.74, 6) is 0.645. The van der Waals surface area contributed by atoms with E-state index in [1.165, 1.54) is 0 Å². The minimum absolute atomic E-state index is 0.0270. The highest BCUT2D eigenvalue weighted by atomic mass is 16.2. The zero-order valence-electron chi connectivity index (χ0n) is 10.1. The number of carbonyl (C=O) groups excluding carboxylic acids is 1. The van der Waals surface area contributed by atoms with Gasteiger partial charge in [-0.05, 0) is 14.0 Å². The molecule has 0 aliphatic carbocycles. The number of rotatable bonds is 3. The lowest BCUT2D eigenvalue weighted by atomic mass is 10.2. The summed E-state index contributed by atoms with van der Waals surface area (Å²) < 4.78 is 0. The summed E-state index contributed by atoms with van der Waals surface area (Å²) in [6.45, 7) is 4.00. The van der Waals surface area contributed by atoms with Gasteiger partial charge in [0.15, 0.2) is 0 Å². The molecule has 0 aromatic carbocycles. The molecule has 2 N–H and O–H groups in total. The number of hydrogen-bond acceptors (Lipinski definition) is 5. The fourth-order valence-corrected chi connectivity index (χ4v) is 1.85. The summed E-state index contributed by atoms with van der Waals surface area (Å²) in [4.78, 5) is 22.0. The molecule has 1 saturated heterocycles. The maximum Gasteiger partial charge on any atom is 0.242 e. The first-order valence-electron chi connectivity index (χ1n) is 5.72. The van der Waals surface area contributed by atoms with E-state index in [0.29, 0.717) is 12.5 Å². The Balaban J connectivity index is 2.13. The largest absolute Gasteiger partial charge is 0.353 e. The van der Waals surface area contributed by atoms with Crippen LogP contribution in [-0.2, 0) is 11.3 Å². The van der Waals surface area contributed by atoms with E-state index in [1.54, 1.807) is 12.4 Å². The summed E-state index contributed by atoms with van der Waals surface area (Å²) in [5, 5.41) is 5.86. The van der Waals surface area contributed by atoms with Crippen LogP contribution in [0.5, 0.6) is 0 Å². The van der Waals surface area contributed by atoms with Crippen LogP contribution in [0.15, 0.2) is 12.4 Å². The van der Waals surface area contributed by atoms with Crippen LogP contribution in [0, 0.1) is 0 Å². The van der Waals surface area contributed by atoms with Crippen molar-refractivity contribution in [3.63, 3.8) is 0 Å². The van der Waals surface area contributed by atoms with Crippen LogP contribution in [-0.4, -0.2) is 42.1 Å². The molecule has 0 radical (unpaired) electrons. The van der Waals surface area contributed by atoms with Crippen molar-refractivity contribution in [2.45, 2.75) is 19.5 Å². The normalized spacial score (nSPS) is 20.2. The lowest BCUT2D eigenvalue weighted by Gasteiger charge is -2.32. The fraction of sp³-hybridized carbons (Fsp3) is 0.545. The smallest absolute Gasteiger partial charge is 0.242 e. The topological polar surface area (TPSA) is 70.2 Å². The molecule has 1 amide bonds. The van der Waals surface area contributed by atoms with E-state index in [0.717, 1.165) is 18.7 Å². The zero-order valence-corrected chi connectivity index (χ0v) is 10.1. The molecule has 1 aromatic heterocycles. The van der Waals surface area contributed by atoms with Crippen LogP contribution in [0.25, 0.3) is 0 Å². The number of hydrogen-bond donors (Lipinski definition) is 2. The van der Waals surface area contributed by atoms with E-state index < -0.39 is 0 Å². The van der Waals surface area contributed by atoms with Gasteiger partial charge in [0.2, 0.25) is 11.9 Å². The lowest BCUT2D eigenvalue weighted by Crippen LogP contribution is -2.54. The van der Waals surface area contributed by atoms with Gasteiger partial charge < -0.3 is 15.5 Å².